The number of carbonyl (C=O) groups is 2. The summed E-state index contributed by atoms with van der Waals surface area (Å²) in [6.07, 6.45) is 3.56. The Hall–Kier alpha value is -3.81. The van der Waals surface area contributed by atoms with Crippen LogP contribution in [0.4, 0.5) is 10.5 Å². The third-order valence-electron chi connectivity index (χ3n) is 6.25. The standard InChI is InChI=1S/C24H26N6O2/c1-26(2)24(32)30-21(16-20-22(30)18-6-4-5-7-19(18)27(20)3)23(31)29-14-12-28(13-15-29)17-8-10-25-11-9-17/h4-11,16H,12-15H2,1-3H3. The summed E-state index contributed by atoms with van der Waals surface area (Å²) in [6.45, 7) is 2.67. The van der Waals surface area contributed by atoms with Crippen LogP contribution >= 0.6 is 0 Å². The number of hydrogen-bond acceptors (Lipinski definition) is 4. The van der Waals surface area contributed by atoms with E-state index in [2.05, 4.69) is 9.88 Å². The normalized spacial score (nSPS) is 14.3. The number of para-hydroxylation sites is 1. The van der Waals surface area contributed by atoms with E-state index in [9.17, 15) is 9.59 Å². The van der Waals surface area contributed by atoms with Crippen molar-refractivity contribution in [3.8, 4) is 0 Å². The van der Waals surface area contributed by atoms with Crippen LogP contribution in [-0.4, -0.2) is 76.1 Å². The largest absolute Gasteiger partial charge is 0.368 e. The van der Waals surface area contributed by atoms with E-state index in [1.807, 2.05) is 59.0 Å². The number of amides is 2. The molecule has 1 aliphatic heterocycles. The molecule has 5 rings (SSSR count). The predicted octanol–water partition coefficient (Wildman–Crippen LogP) is 3.02. The quantitative estimate of drug-likeness (QED) is 0.490. The number of aromatic nitrogens is 3. The van der Waals surface area contributed by atoms with Crippen molar-refractivity contribution in [1.82, 2.24) is 23.9 Å². The van der Waals surface area contributed by atoms with Crippen LogP contribution in [0.3, 0.4) is 0 Å². The summed E-state index contributed by atoms with van der Waals surface area (Å²) >= 11 is 0. The first-order chi connectivity index (χ1) is 15.5. The number of carbonyl (C=O) groups excluding carboxylic acids is 2. The second-order valence-corrected chi connectivity index (χ2v) is 8.34. The molecule has 4 heterocycles. The molecule has 4 aromatic rings. The van der Waals surface area contributed by atoms with Crippen LogP contribution in [0.1, 0.15) is 10.5 Å². The Morgan fingerprint density at radius 1 is 0.938 bits per heavy atom. The van der Waals surface area contributed by atoms with Gasteiger partial charge in [0.15, 0.2) is 0 Å². The average molecular weight is 431 g/mol. The first-order valence-electron chi connectivity index (χ1n) is 10.7. The van der Waals surface area contributed by atoms with E-state index in [4.69, 9.17) is 0 Å². The topological polar surface area (TPSA) is 66.6 Å². The fourth-order valence-electron chi connectivity index (χ4n) is 4.55. The van der Waals surface area contributed by atoms with Crippen molar-refractivity contribution >= 4 is 39.6 Å². The van der Waals surface area contributed by atoms with Crippen molar-refractivity contribution < 1.29 is 9.59 Å². The minimum Gasteiger partial charge on any atom is -0.368 e. The minimum atomic E-state index is -0.227. The number of pyridine rings is 1. The molecule has 0 aliphatic carbocycles. The minimum absolute atomic E-state index is 0.116. The van der Waals surface area contributed by atoms with Crippen molar-refractivity contribution in [3.63, 3.8) is 0 Å². The van der Waals surface area contributed by atoms with Crippen molar-refractivity contribution in [2.24, 2.45) is 7.05 Å². The maximum Gasteiger partial charge on any atom is 0.328 e. The summed E-state index contributed by atoms with van der Waals surface area (Å²) < 4.78 is 3.62. The van der Waals surface area contributed by atoms with Gasteiger partial charge in [-0.2, -0.15) is 0 Å². The summed E-state index contributed by atoms with van der Waals surface area (Å²) in [5.74, 6) is -0.116. The summed E-state index contributed by atoms with van der Waals surface area (Å²) in [6, 6.07) is 13.6. The zero-order valence-electron chi connectivity index (χ0n) is 18.5. The van der Waals surface area contributed by atoms with Crippen LogP contribution in [-0.2, 0) is 7.05 Å². The molecule has 0 bridgehead atoms. The second-order valence-electron chi connectivity index (χ2n) is 8.34. The lowest BCUT2D eigenvalue weighted by atomic mass is 10.2. The Kier molecular flexibility index (Phi) is 4.84. The molecule has 32 heavy (non-hydrogen) atoms. The number of fused-ring (bicyclic) bond motifs is 3. The van der Waals surface area contributed by atoms with Crippen molar-refractivity contribution in [3.05, 3.63) is 60.6 Å². The Morgan fingerprint density at radius 3 is 2.31 bits per heavy atom. The second kappa shape index (κ2) is 7.71. The third kappa shape index (κ3) is 3.10. The fourth-order valence-corrected chi connectivity index (χ4v) is 4.55. The van der Waals surface area contributed by atoms with Gasteiger partial charge in [-0.1, -0.05) is 18.2 Å². The molecule has 8 nitrogen and oxygen atoms in total. The lowest BCUT2D eigenvalue weighted by Gasteiger charge is -2.36. The van der Waals surface area contributed by atoms with Gasteiger partial charge in [-0.15, -0.1) is 0 Å². The van der Waals surface area contributed by atoms with Gasteiger partial charge < -0.3 is 19.3 Å². The Morgan fingerprint density at radius 2 is 1.62 bits per heavy atom. The number of hydrogen-bond donors (Lipinski definition) is 0. The SMILES string of the molecule is CN(C)C(=O)n1c(C(=O)N2CCN(c3ccncc3)CC2)cc2c1c1ccccc1n2C. The molecule has 164 valence electrons. The lowest BCUT2D eigenvalue weighted by molar-refractivity contribution is 0.0737. The maximum absolute atomic E-state index is 13.6. The van der Waals surface area contributed by atoms with Gasteiger partial charge in [0, 0.05) is 70.8 Å². The van der Waals surface area contributed by atoms with Gasteiger partial charge in [0.2, 0.25) is 0 Å². The van der Waals surface area contributed by atoms with Gasteiger partial charge >= 0.3 is 6.03 Å². The molecule has 2 amide bonds. The predicted molar refractivity (Wildman–Crippen MR) is 125 cm³/mol. The van der Waals surface area contributed by atoms with Crippen molar-refractivity contribution in [2.45, 2.75) is 0 Å². The molecule has 1 fully saturated rings. The first kappa shape index (κ1) is 20.1. The fraction of sp³-hybridized carbons (Fsp3) is 0.292. The van der Waals surface area contributed by atoms with Gasteiger partial charge in [0.1, 0.15) is 5.69 Å². The zero-order chi connectivity index (χ0) is 22.4. The smallest absolute Gasteiger partial charge is 0.328 e. The molecule has 0 N–H and O–H groups in total. The average Bonchev–Trinajstić information content (AvgIpc) is 3.35. The van der Waals surface area contributed by atoms with Gasteiger partial charge in [-0.25, -0.2) is 4.79 Å². The summed E-state index contributed by atoms with van der Waals surface area (Å²) in [5.41, 5.74) is 4.20. The van der Waals surface area contributed by atoms with Crippen LogP contribution < -0.4 is 4.90 Å². The first-order valence-corrected chi connectivity index (χ1v) is 10.7. The maximum atomic E-state index is 13.6. The molecule has 1 saturated heterocycles. The number of rotatable bonds is 2. The van der Waals surface area contributed by atoms with Crippen molar-refractivity contribution in [1.29, 1.82) is 0 Å². The van der Waals surface area contributed by atoms with Crippen LogP contribution in [0.25, 0.3) is 21.9 Å². The zero-order valence-corrected chi connectivity index (χ0v) is 18.5. The highest BCUT2D eigenvalue weighted by atomic mass is 16.2. The van der Waals surface area contributed by atoms with E-state index in [1.165, 1.54) is 4.90 Å². The van der Waals surface area contributed by atoms with Gasteiger partial charge in [0.05, 0.1) is 16.6 Å². The van der Waals surface area contributed by atoms with Gasteiger partial charge in [-0.05, 0) is 24.3 Å². The van der Waals surface area contributed by atoms with Crippen LogP contribution in [0.2, 0.25) is 0 Å². The highest BCUT2D eigenvalue weighted by Gasteiger charge is 2.30. The number of benzene rings is 1. The Balaban J connectivity index is 1.52. The van der Waals surface area contributed by atoms with E-state index in [-0.39, 0.29) is 11.9 Å². The number of nitrogens with zero attached hydrogens (tertiary/aromatic N) is 6. The van der Waals surface area contributed by atoms with Crippen molar-refractivity contribution in [2.75, 3.05) is 45.2 Å². The van der Waals surface area contributed by atoms with Crippen LogP contribution in [0.5, 0.6) is 0 Å². The number of anilines is 1. The van der Waals surface area contributed by atoms with Gasteiger partial charge in [-0.3, -0.25) is 14.3 Å². The molecule has 0 unspecified atom stereocenters. The molecular formula is C24H26N6O2. The molecule has 1 aromatic carbocycles. The molecule has 1 aliphatic rings. The summed E-state index contributed by atoms with van der Waals surface area (Å²) in [4.78, 5) is 36.5. The molecule has 0 atom stereocenters. The monoisotopic (exact) mass is 430 g/mol. The number of aryl methyl sites for hydroxylation is 1. The van der Waals surface area contributed by atoms with Gasteiger partial charge in [0.25, 0.3) is 5.91 Å². The van der Waals surface area contributed by atoms with E-state index in [0.717, 1.165) is 40.7 Å². The molecular weight excluding hydrogens is 404 g/mol. The summed E-state index contributed by atoms with van der Waals surface area (Å²) in [5, 5.41) is 0.960. The van der Waals surface area contributed by atoms with E-state index in [0.29, 0.717) is 18.8 Å². The molecule has 8 heteroatoms. The highest BCUT2D eigenvalue weighted by Crippen LogP contribution is 2.32. The lowest BCUT2D eigenvalue weighted by Crippen LogP contribution is -2.49. The van der Waals surface area contributed by atoms with Crippen LogP contribution in [0.15, 0.2) is 54.9 Å². The molecule has 0 spiro atoms. The van der Waals surface area contributed by atoms with E-state index < -0.39 is 0 Å². The van der Waals surface area contributed by atoms with E-state index >= 15 is 0 Å². The third-order valence-corrected chi connectivity index (χ3v) is 6.25. The molecule has 0 radical (unpaired) electrons. The Labute approximate surface area is 186 Å². The molecule has 3 aromatic heterocycles. The van der Waals surface area contributed by atoms with E-state index in [1.54, 1.807) is 31.1 Å². The van der Waals surface area contributed by atoms with Crippen LogP contribution in [0, 0.1) is 0 Å². The summed E-state index contributed by atoms with van der Waals surface area (Å²) in [7, 11) is 5.39. The molecule has 0 saturated carbocycles. The highest BCUT2D eigenvalue weighted by molar-refractivity contribution is 6.14. The Bertz CT molecular complexity index is 1310. The number of piperazine rings is 1.